The van der Waals surface area contributed by atoms with Crippen LogP contribution in [0.15, 0.2) is 29.8 Å². The Balaban J connectivity index is 2.23. The lowest BCUT2D eigenvalue weighted by Gasteiger charge is -2.02. The predicted octanol–water partition coefficient (Wildman–Crippen LogP) is 3.41. The summed E-state index contributed by atoms with van der Waals surface area (Å²) in [5.74, 6) is 0.588. The molecule has 1 aromatic carbocycles. The van der Waals surface area contributed by atoms with E-state index in [4.69, 9.17) is 16.9 Å². The van der Waals surface area contributed by atoms with Crippen molar-refractivity contribution in [3.63, 3.8) is 0 Å². The van der Waals surface area contributed by atoms with Crippen molar-refractivity contribution < 1.29 is 0 Å². The Labute approximate surface area is 96.0 Å². The number of halogens is 1. The highest BCUT2D eigenvalue weighted by Gasteiger charge is 2.04. The number of rotatable bonds is 2. The van der Waals surface area contributed by atoms with Crippen LogP contribution < -0.4 is 5.32 Å². The highest BCUT2D eigenvalue weighted by atomic mass is 35.5. The summed E-state index contributed by atoms with van der Waals surface area (Å²) >= 11 is 7.07. The first-order chi connectivity index (χ1) is 7.29. The number of hydrogen-bond donors (Lipinski definition) is 1. The summed E-state index contributed by atoms with van der Waals surface area (Å²) in [5.41, 5.74) is 2.50. The summed E-state index contributed by atoms with van der Waals surface area (Å²) in [5, 5.41) is 12.5. The molecule has 3 nitrogen and oxygen atoms in total. The van der Waals surface area contributed by atoms with E-state index < -0.39 is 0 Å². The van der Waals surface area contributed by atoms with E-state index in [2.05, 4.69) is 16.4 Å². The van der Waals surface area contributed by atoms with Crippen LogP contribution in [0.5, 0.6) is 0 Å². The smallest absolute Gasteiger partial charge is 0.159 e. The molecule has 2 rings (SSSR count). The lowest BCUT2D eigenvalue weighted by Crippen LogP contribution is -1.91. The van der Waals surface area contributed by atoms with Crippen molar-refractivity contribution in [2.75, 3.05) is 5.32 Å². The summed E-state index contributed by atoms with van der Waals surface area (Å²) in [6.07, 6.45) is 0. The fraction of sp³-hybridized carbons (Fsp3) is 0. The number of thiazole rings is 1. The Bertz CT molecular complexity index is 498. The Hall–Kier alpha value is -1.57. The van der Waals surface area contributed by atoms with Crippen molar-refractivity contribution in [1.82, 2.24) is 4.98 Å². The highest BCUT2D eigenvalue weighted by molar-refractivity contribution is 7.10. The molecule has 1 heterocycles. The summed E-state index contributed by atoms with van der Waals surface area (Å²) in [6.45, 7) is 0. The molecule has 0 saturated carbocycles. The van der Waals surface area contributed by atoms with Crippen LogP contribution in [0.1, 0.15) is 4.88 Å². The summed E-state index contributed by atoms with van der Waals surface area (Å²) in [6, 6.07) is 9.31. The second kappa shape index (κ2) is 4.30. The molecule has 0 spiro atoms. The number of benzene rings is 1. The third-order valence-corrected chi connectivity index (χ3v) is 2.76. The van der Waals surface area contributed by atoms with Crippen LogP contribution in [0.25, 0.3) is 0 Å². The topological polar surface area (TPSA) is 48.7 Å². The zero-order chi connectivity index (χ0) is 10.7. The zero-order valence-electron chi connectivity index (χ0n) is 7.57. The Morgan fingerprint density at radius 2 is 2.07 bits per heavy atom. The van der Waals surface area contributed by atoms with E-state index in [1.165, 1.54) is 11.3 Å². The van der Waals surface area contributed by atoms with Crippen molar-refractivity contribution in [1.29, 1.82) is 5.26 Å². The molecule has 1 aromatic heterocycles. The molecule has 0 bridgehead atoms. The van der Waals surface area contributed by atoms with Crippen LogP contribution in [0, 0.1) is 11.3 Å². The second-order valence-corrected chi connectivity index (χ2v) is 4.06. The van der Waals surface area contributed by atoms with Gasteiger partial charge in [-0.2, -0.15) is 5.26 Å². The number of anilines is 2. The SMILES string of the molecule is N#Cc1scnc1Nc1ccc(Cl)cc1. The first-order valence-corrected chi connectivity index (χ1v) is 5.41. The lowest BCUT2D eigenvalue weighted by molar-refractivity contribution is 1.37. The zero-order valence-corrected chi connectivity index (χ0v) is 9.14. The molecule has 0 atom stereocenters. The molecule has 15 heavy (non-hydrogen) atoms. The van der Waals surface area contributed by atoms with E-state index in [9.17, 15) is 0 Å². The molecular weight excluding hydrogens is 230 g/mol. The molecule has 0 radical (unpaired) electrons. The number of hydrogen-bond acceptors (Lipinski definition) is 4. The highest BCUT2D eigenvalue weighted by Crippen LogP contribution is 2.22. The lowest BCUT2D eigenvalue weighted by atomic mass is 10.3. The first-order valence-electron chi connectivity index (χ1n) is 4.16. The van der Waals surface area contributed by atoms with Crippen LogP contribution in [-0.2, 0) is 0 Å². The van der Waals surface area contributed by atoms with E-state index in [1.807, 2.05) is 12.1 Å². The number of nitrogens with one attached hydrogen (secondary N) is 1. The minimum absolute atomic E-state index is 0.574. The third-order valence-electron chi connectivity index (χ3n) is 1.78. The molecule has 0 amide bonds. The van der Waals surface area contributed by atoms with Gasteiger partial charge in [0.1, 0.15) is 10.9 Å². The van der Waals surface area contributed by atoms with Crippen LogP contribution in [0.3, 0.4) is 0 Å². The molecule has 0 saturated heterocycles. The van der Waals surface area contributed by atoms with Crippen LogP contribution in [0.2, 0.25) is 5.02 Å². The van der Waals surface area contributed by atoms with Gasteiger partial charge in [-0.15, -0.1) is 11.3 Å². The fourth-order valence-corrected chi connectivity index (χ4v) is 1.74. The Kier molecular flexibility index (Phi) is 2.86. The number of nitrogens with zero attached hydrogens (tertiary/aromatic N) is 2. The second-order valence-electron chi connectivity index (χ2n) is 2.77. The van der Waals surface area contributed by atoms with Gasteiger partial charge in [-0.1, -0.05) is 11.6 Å². The Morgan fingerprint density at radius 1 is 1.33 bits per heavy atom. The molecule has 0 unspecified atom stereocenters. The quantitative estimate of drug-likeness (QED) is 0.868. The van der Waals surface area contributed by atoms with E-state index in [0.29, 0.717) is 15.7 Å². The fourth-order valence-electron chi connectivity index (χ4n) is 1.08. The van der Waals surface area contributed by atoms with Gasteiger partial charge in [0.15, 0.2) is 5.82 Å². The third kappa shape index (κ3) is 2.27. The van der Waals surface area contributed by atoms with Crippen molar-refractivity contribution in [2.45, 2.75) is 0 Å². The average Bonchev–Trinajstić information content (AvgIpc) is 2.69. The molecule has 5 heteroatoms. The minimum atomic E-state index is 0.574. The van der Waals surface area contributed by atoms with Gasteiger partial charge in [0.25, 0.3) is 0 Å². The molecule has 0 aliphatic carbocycles. The van der Waals surface area contributed by atoms with Crippen molar-refractivity contribution >= 4 is 34.4 Å². The van der Waals surface area contributed by atoms with E-state index in [0.717, 1.165) is 5.69 Å². The maximum absolute atomic E-state index is 8.79. The van der Waals surface area contributed by atoms with Crippen LogP contribution in [0.4, 0.5) is 11.5 Å². The molecule has 0 fully saturated rings. The number of aromatic nitrogens is 1. The van der Waals surface area contributed by atoms with Gasteiger partial charge >= 0.3 is 0 Å². The maximum atomic E-state index is 8.79. The van der Waals surface area contributed by atoms with Crippen LogP contribution in [-0.4, -0.2) is 4.98 Å². The van der Waals surface area contributed by atoms with Gasteiger partial charge < -0.3 is 5.32 Å². The maximum Gasteiger partial charge on any atom is 0.159 e. The minimum Gasteiger partial charge on any atom is -0.338 e. The number of nitriles is 1. The van der Waals surface area contributed by atoms with Gasteiger partial charge in [0, 0.05) is 10.7 Å². The largest absolute Gasteiger partial charge is 0.338 e. The molecule has 74 valence electrons. The Morgan fingerprint density at radius 3 is 2.73 bits per heavy atom. The van der Waals surface area contributed by atoms with Crippen LogP contribution >= 0.6 is 22.9 Å². The van der Waals surface area contributed by atoms with E-state index >= 15 is 0 Å². The first kappa shape index (κ1) is 9.97. The average molecular weight is 236 g/mol. The van der Waals surface area contributed by atoms with Gasteiger partial charge in [-0.05, 0) is 24.3 Å². The van der Waals surface area contributed by atoms with Crippen molar-refractivity contribution in [3.8, 4) is 6.07 Å². The molecule has 0 aliphatic heterocycles. The summed E-state index contributed by atoms with van der Waals surface area (Å²) in [7, 11) is 0. The molecule has 0 aliphatic rings. The van der Waals surface area contributed by atoms with E-state index in [-0.39, 0.29) is 0 Å². The van der Waals surface area contributed by atoms with Gasteiger partial charge in [0.2, 0.25) is 0 Å². The monoisotopic (exact) mass is 235 g/mol. The normalized spacial score (nSPS) is 9.60. The molecular formula is C10H6ClN3S. The molecule has 2 aromatic rings. The van der Waals surface area contributed by atoms with Gasteiger partial charge in [0.05, 0.1) is 5.51 Å². The van der Waals surface area contributed by atoms with E-state index in [1.54, 1.807) is 17.6 Å². The summed E-state index contributed by atoms with van der Waals surface area (Å²) in [4.78, 5) is 4.63. The van der Waals surface area contributed by atoms with Gasteiger partial charge in [-0.25, -0.2) is 4.98 Å². The molecule has 1 N–H and O–H groups in total. The predicted molar refractivity (Wildman–Crippen MR) is 61.6 cm³/mol. The summed E-state index contributed by atoms with van der Waals surface area (Å²) < 4.78 is 0. The van der Waals surface area contributed by atoms with Crippen molar-refractivity contribution in [3.05, 3.63) is 39.7 Å². The van der Waals surface area contributed by atoms with Crippen molar-refractivity contribution in [2.24, 2.45) is 0 Å². The standard InChI is InChI=1S/C10H6ClN3S/c11-7-1-3-8(4-2-7)14-10-9(5-12)15-6-13-10/h1-4,6,14H. The van der Waals surface area contributed by atoms with Gasteiger partial charge in [-0.3, -0.25) is 0 Å².